The van der Waals surface area contributed by atoms with Gasteiger partial charge in [0.15, 0.2) is 0 Å². The molecule has 0 aromatic carbocycles. The van der Waals surface area contributed by atoms with Crippen LogP contribution in [0, 0.1) is 5.92 Å². The maximum atomic E-state index is 11.9. The molecule has 1 N–H and O–H groups in total. The van der Waals surface area contributed by atoms with Gasteiger partial charge in [-0.3, -0.25) is 4.90 Å². The zero-order valence-corrected chi connectivity index (χ0v) is 11.7. The molecule has 0 fully saturated rings. The first-order chi connectivity index (χ1) is 7.43. The van der Waals surface area contributed by atoms with Gasteiger partial charge in [0.25, 0.3) is 0 Å². The fourth-order valence-electron chi connectivity index (χ4n) is 1.30. The molecule has 5 heteroatoms. The monoisotopic (exact) mass is 245 g/mol. The van der Waals surface area contributed by atoms with Crippen molar-refractivity contribution in [2.24, 2.45) is 5.92 Å². The Balaban J connectivity index is 5.06. The van der Waals surface area contributed by atoms with E-state index in [0.717, 1.165) is 4.90 Å². The molecule has 0 saturated carbocycles. The molecule has 0 aromatic heterocycles. The highest BCUT2D eigenvalue weighted by Gasteiger charge is 2.44. The summed E-state index contributed by atoms with van der Waals surface area (Å²) in [7, 11) is 1.45. The molecule has 0 aliphatic rings. The molecule has 1 atom stereocenters. The molecule has 0 aliphatic carbocycles. The first-order valence-corrected chi connectivity index (χ1v) is 5.63. The third-order valence-corrected chi connectivity index (χ3v) is 2.92. The van der Waals surface area contributed by atoms with Gasteiger partial charge in [-0.1, -0.05) is 13.8 Å². The van der Waals surface area contributed by atoms with Gasteiger partial charge in [-0.2, -0.15) is 0 Å². The highest BCUT2D eigenvalue weighted by molar-refractivity contribution is 5.84. The topological polar surface area (TPSA) is 66.8 Å². The number of carbonyl (C=O) groups excluding carboxylic acids is 1. The summed E-state index contributed by atoms with van der Waals surface area (Å²) in [5, 5.41) is 9.27. The first kappa shape index (κ1) is 15.7. The average Bonchev–Trinajstić information content (AvgIpc) is 2.11. The highest BCUT2D eigenvalue weighted by Crippen LogP contribution is 2.25. The Morgan fingerprint density at radius 3 is 1.82 bits per heavy atom. The van der Waals surface area contributed by atoms with Crippen LogP contribution in [0.15, 0.2) is 0 Å². The largest absolute Gasteiger partial charge is 0.479 e. The van der Waals surface area contributed by atoms with E-state index in [0.29, 0.717) is 0 Å². The summed E-state index contributed by atoms with van der Waals surface area (Å²) in [6.45, 7) is 10.3. The number of aliphatic carboxylic acids is 1. The zero-order valence-electron chi connectivity index (χ0n) is 11.7. The van der Waals surface area contributed by atoms with Crippen LogP contribution in [-0.2, 0) is 9.53 Å². The number of carbonyl (C=O) groups is 2. The fraction of sp³-hybridized carbons (Fsp3) is 0.833. The summed E-state index contributed by atoms with van der Waals surface area (Å²) < 4.78 is 5.17. The molecule has 0 radical (unpaired) electrons. The Morgan fingerprint density at radius 1 is 1.18 bits per heavy atom. The van der Waals surface area contributed by atoms with Crippen molar-refractivity contribution in [3.8, 4) is 0 Å². The molecule has 17 heavy (non-hydrogen) atoms. The number of nitrogens with zero attached hydrogens (tertiary/aromatic N) is 1. The standard InChI is InChI=1S/C12H23NO4/c1-8(2)12(6,9(14)15)13(7)10(16)17-11(3,4)5/h8H,1-7H3,(H,14,15). The Bertz CT molecular complexity index is 306. The second-order valence-electron chi connectivity index (χ2n) is 5.65. The van der Waals surface area contributed by atoms with E-state index >= 15 is 0 Å². The molecule has 0 spiro atoms. The predicted molar refractivity (Wildman–Crippen MR) is 64.9 cm³/mol. The highest BCUT2D eigenvalue weighted by atomic mass is 16.6. The van der Waals surface area contributed by atoms with Crippen LogP contribution in [-0.4, -0.2) is 40.3 Å². The Labute approximate surface area is 103 Å². The Hall–Kier alpha value is -1.26. The normalized spacial score (nSPS) is 15.3. The van der Waals surface area contributed by atoms with Crippen LogP contribution in [0.3, 0.4) is 0 Å². The van der Waals surface area contributed by atoms with Crippen molar-refractivity contribution >= 4 is 12.1 Å². The van der Waals surface area contributed by atoms with Gasteiger partial charge in [0.05, 0.1) is 0 Å². The van der Waals surface area contributed by atoms with E-state index in [1.807, 2.05) is 0 Å². The summed E-state index contributed by atoms with van der Waals surface area (Å²) >= 11 is 0. The number of amides is 1. The number of likely N-dealkylation sites (N-methyl/N-ethyl adjacent to an activating group) is 1. The zero-order chi connectivity index (χ0) is 14.0. The molecule has 1 unspecified atom stereocenters. The SMILES string of the molecule is CC(C)C(C)(C(=O)O)N(C)C(=O)OC(C)(C)C. The average molecular weight is 245 g/mol. The van der Waals surface area contributed by atoms with Gasteiger partial charge >= 0.3 is 12.1 Å². The minimum atomic E-state index is -1.28. The van der Waals surface area contributed by atoms with Crippen molar-refractivity contribution in [3.63, 3.8) is 0 Å². The number of carboxylic acid groups (broad SMARTS) is 1. The molecule has 0 aromatic rings. The van der Waals surface area contributed by atoms with Crippen LogP contribution < -0.4 is 0 Å². The van der Waals surface area contributed by atoms with Gasteiger partial charge in [0, 0.05) is 7.05 Å². The molecular weight excluding hydrogens is 222 g/mol. The summed E-state index contributed by atoms with van der Waals surface area (Å²) in [4.78, 5) is 24.3. The fourth-order valence-corrected chi connectivity index (χ4v) is 1.30. The smallest absolute Gasteiger partial charge is 0.410 e. The summed E-state index contributed by atoms with van der Waals surface area (Å²) in [5.74, 6) is -1.27. The maximum Gasteiger partial charge on any atom is 0.410 e. The van der Waals surface area contributed by atoms with Gasteiger partial charge in [-0.25, -0.2) is 9.59 Å². The van der Waals surface area contributed by atoms with Gasteiger partial charge < -0.3 is 9.84 Å². The molecular formula is C12H23NO4. The lowest BCUT2D eigenvalue weighted by Gasteiger charge is -2.38. The Morgan fingerprint density at radius 2 is 1.59 bits per heavy atom. The van der Waals surface area contributed by atoms with E-state index in [-0.39, 0.29) is 5.92 Å². The number of hydrogen-bond acceptors (Lipinski definition) is 3. The Kier molecular flexibility index (Phi) is 4.57. The quantitative estimate of drug-likeness (QED) is 0.828. The van der Waals surface area contributed by atoms with Crippen LogP contribution in [0.1, 0.15) is 41.5 Å². The van der Waals surface area contributed by atoms with Crippen LogP contribution in [0.4, 0.5) is 4.79 Å². The van der Waals surface area contributed by atoms with Crippen molar-refractivity contribution in [2.75, 3.05) is 7.05 Å². The lowest BCUT2D eigenvalue weighted by molar-refractivity contribution is -0.152. The van der Waals surface area contributed by atoms with Crippen molar-refractivity contribution in [2.45, 2.75) is 52.7 Å². The molecule has 0 aliphatic heterocycles. The molecule has 0 rings (SSSR count). The predicted octanol–water partition coefficient (Wildman–Crippen LogP) is 2.35. The van der Waals surface area contributed by atoms with Crippen molar-refractivity contribution < 1.29 is 19.4 Å². The van der Waals surface area contributed by atoms with Crippen molar-refractivity contribution in [1.29, 1.82) is 0 Å². The van der Waals surface area contributed by atoms with E-state index < -0.39 is 23.2 Å². The maximum absolute atomic E-state index is 11.9. The minimum Gasteiger partial charge on any atom is -0.479 e. The molecule has 1 amide bonds. The first-order valence-electron chi connectivity index (χ1n) is 5.63. The lowest BCUT2D eigenvalue weighted by atomic mass is 9.87. The minimum absolute atomic E-state index is 0.225. The second kappa shape index (κ2) is 4.94. The third kappa shape index (κ3) is 3.61. The van der Waals surface area contributed by atoms with Gasteiger partial charge in [-0.15, -0.1) is 0 Å². The van der Waals surface area contributed by atoms with Crippen LogP contribution in [0.2, 0.25) is 0 Å². The van der Waals surface area contributed by atoms with Crippen molar-refractivity contribution in [3.05, 3.63) is 0 Å². The number of ether oxygens (including phenoxy) is 1. The molecule has 0 saturated heterocycles. The van der Waals surface area contributed by atoms with Crippen LogP contribution in [0.25, 0.3) is 0 Å². The molecule has 0 heterocycles. The van der Waals surface area contributed by atoms with Crippen LogP contribution >= 0.6 is 0 Å². The second-order valence-corrected chi connectivity index (χ2v) is 5.65. The van der Waals surface area contributed by atoms with Gasteiger partial charge in [-0.05, 0) is 33.6 Å². The molecule has 0 bridgehead atoms. The number of carboxylic acids is 1. The summed E-state index contributed by atoms with van der Waals surface area (Å²) in [5.41, 5.74) is -1.91. The van der Waals surface area contributed by atoms with E-state index in [9.17, 15) is 14.7 Å². The number of hydrogen-bond donors (Lipinski definition) is 1. The van der Waals surface area contributed by atoms with E-state index in [1.54, 1.807) is 34.6 Å². The molecule has 100 valence electrons. The third-order valence-electron chi connectivity index (χ3n) is 2.92. The van der Waals surface area contributed by atoms with Crippen molar-refractivity contribution in [1.82, 2.24) is 4.90 Å². The summed E-state index contributed by atoms with van der Waals surface area (Å²) in [6.07, 6.45) is -0.629. The van der Waals surface area contributed by atoms with Crippen LogP contribution in [0.5, 0.6) is 0 Å². The van der Waals surface area contributed by atoms with E-state index in [4.69, 9.17) is 4.74 Å². The number of rotatable bonds is 3. The lowest BCUT2D eigenvalue weighted by Crippen LogP contribution is -2.57. The summed E-state index contributed by atoms with van der Waals surface area (Å²) in [6, 6.07) is 0. The van der Waals surface area contributed by atoms with Gasteiger partial charge in [0.1, 0.15) is 11.1 Å². The van der Waals surface area contributed by atoms with Gasteiger partial charge in [0.2, 0.25) is 0 Å². The van der Waals surface area contributed by atoms with E-state index in [1.165, 1.54) is 14.0 Å². The molecule has 5 nitrogen and oxygen atoms in total. The van der Waals surface area contributed by atoms with E-state index in [2.05, 4.69) is 0 Å².